The van der Waals surface area contributed by atoms with Gasteiger partial charge in [-0.05, 0) is 0 Å². The average Bonchev–Trinajstić information content (AvgIpc) is 1.59. The molecule has 0 aliphatic carbocycles. The normalized spacial score (nSPS) is 12.1. The van der Waals surface area contributed by atoms with Gasteiger partial charge >= 0.3 is 10.4 Å². The zero-order chi connectivity index (χ0) is 6.62. The van der Waals surface area contributed by atoms with Gasteiger partial charge in [-0.15, -0.1) is 0 Å². The molecule has 0 aromatic carbocycles. The van der Waals surface area contributed by atoms with Crippen molar-refractivity contribution >= 4 is 16.8 Å². The maximum absolute atomic E-state index is 9.58. The lowest BCUT2D eigenvalue weighted by Gasteiger charge is -1.87. The van der Waals surface area contributed by atoms with Gasteiger partial charge in [0, 0.05) is 0 Å². The van der Waals surface area contributed by atoms with Crippen molar-refractivity contribution in [2.24, 2.45) is 10.9 Å². The molecular formula is CH4N2O4S. The monoisotopic (exact) mass is 140 g/mol. The van der Waals surface area contributed by atoms with Crippen molar-refractivity contribution < 1.29 is 17.2 Å². The van der Waals surface area contributed by atoms with Crippen molar-refractivity contribution in [1.82, 2.24) is 0 Å². The molecule has 0 unspecified atom stereocenters. The van der Waals surface area contributed by atoms with Gasteiger partial charge in [0.2, 0.25) is 6.40 Å². The summed E-state index contributed by atoms with van der Waals surface area (Å²) in [7, 11) is -4.42. The van der Waals surface area contributed by atoms with Crippen LogP contribution >= 0.6 is 0 Å². The lowest BCUT2D eigenvalue weighted by molar-refractivity contribution is 0.388. The second-order valence-electron chi connectivity index (χ2n) is 0.778. The Balaban J connectivity index is 3.76. The Hall–Kier alpha value is -0.820. The molecule has 0 bridgehead atoms. The highest BCUT2D eigenvalue weighted by molar-refractivity contribution is 7.81. The Morgan fingerprint density at radius 1 is 1.75 bits per heavy atom. The van der Waals surface area contributed by atoms with E-state index in [1.165, 1.54) is 0 Å². The van der Waals surface area contributed by atoms with Crippen LogP contribution in [0.3, 0.4) is 0 Å². The summed E-state index contributed by atoms with van der Waals surface area (Å²) < 4.78 is 30.4. The van der Waals surface area contributed by atoms with Crippen molar-refractivity contribution in [2.75, 3.05) is 0 Å². The first-order valence-electron chi connectivity index (χ1n) is 1.43. The largest absolute Gasteiger partial charge is 0.447 e. The van der Waals surface area contributed by atoms with Crippen molar-refractivity contribution in [2.45, 2.75) is 0 Å². The summed E-state index contributed by atoms with van der Waals surface area (Å²) in [5, 5.41) is 2.63. The van der Waals surface area contributed by atoms with Crippen molar-refractivity contribution in [3.8, 4) is 0 Å². The van der Waals surface area contributed by atoms with Gasteiger partial charge in [-0.2, -0.15) is 13.5 Å². The molecule has 0 radical (unpaired) electrons. The van der Waals surface area contributed by atoms with Crippen LogP contribution < -0.4 is 5.84 Å². The van der Waals surface area contributed by atoms with E-state index in [1.807, 2.05) is 0 Å². The van der Waals surface area contributed by atoms with Crippen molar-refractivity contribution in [3.05, 3.63) is 0 Å². The van der Waals surface area contributed by atoms with Crippen LogP contribution in [0, 0.1) is 0 Å². The Morgan fingerprint density at radius 3 is 2.38 bits per heavy atom. The zero-order valence-corrected chi connectivity index (χ0v) is 4.50. The number of nitrogens with two attached hydrogens (primary N) is 1. The van der Waals surface area contributed by atoms with Gasteiger partial charge in [-0.1, -0.05) is 0 Å². The van der Waals surface area contributed by atoms with Crippen LogP contribution in [0.2, 0.25) is 0 Å². The summed E-state index contributed by atoms with van der Waals surface area (Å²) in [5.41, 5.74) is 0. The van der Waals surface area contributed by atoms with Gasteiger partial charge in [0.25, 0.3) is 0 Å². The first kappa shape index (κ1) is 7.18. The van der Waals surface area contributed by atoms with E-state index in [1.54, 1.807) is 0 Å². The molecule has 0 atom stereocenters. The maximum atomic E-state index is 9.58. The molecule has 0 aliphatic rings. The molecule has 0 fully saturated rings. The molecule has 0 saturated carbocycles. The van der Waals surface area contributed by atoms with Crippen LogP contribution in [0.4, 0.5) is 0 Å². The fourth-order valence-electron chi connectivity index (χ4n) is 0.0792. The van der Waals surface area contributed by atoms with Crippen LogP contribution in [0.5, 0.6) is 0 Å². The fourth-order valence-corrected chi connectivity index (χ4v) is 0.238. The zero-order valence-electron chi connectivity index (χ0n) is 3.68. The van der Waals surface area contributed by atoms with Gasteiger partial charge in [-0.25, -0.2) is 0 Å². The van der Waals surface area contributed by atoms with E-state index >= 15 is 0 Å². The molecule has 0 rings (SSSR count). The highest BCUT2D eigenvalue weighted by Crippen LogP contribution is 1.77. The van der Waals surface area contributed by atoms with Gasteiger partial charge in [0.15, 0.2) is 0 Å². The molecule has 0 heterocycles. The second-order valence-corrected chi connectivity index (χ2v) is 1.83. The smallest absolute Gasteiger partial charge is 0.348 e. The molecule has 3 N–H and O–H groups in total. The quantitative estimate of drug-likeness (QED) is 0.163. The molecule has 0 aliphatic heterocycles. The van der Waals surface area contributed by atoms with Gasteiger partial charge < -0.3 is 10.0 Å². The summed E-state index contributed by atoms with van der Waals surface area (Å²) in [6.45, 7) is 0. The topological polar surface area (TPSA) is 102 Å². The van der Waals surface area contributed by atoms with Crippen LogP contribution in [-0.4, -0.2) is 19.4 Å². The Kier molecular flexibility index (Phi) is 2.22. The van der Waals surface area contributed by atoms with E-state index in [-0.39, 0.29) is 0 Å². The summed E-state index contributed by atoms with van der Waals surface area (Å²) >= 11 is 0. The van der Waals surface area contributed by atoms with E-state index < -0.39 is 10.4 Å². The lowest BCUT2D eigenvalue weighted by Crippen LogP contribution is -2.01. The average molecular weight is 140 g/mol. The third-order valence-corrected chi connectivity index (χ3v) is 0.555. The SMILES string of the molecule is NN=COS(=O)(=O)O. The van der Waals surface area contributed by atoms with Crippen LogP contribution in [0.15, 0.2) is 5.10 Å². The summed E-state index contributed by atoms with van der Waals surface area (Å²) in [6, 6.07) is 0. The molecule has 7 heteroatoms. The highest BCUT2D eigenvalue weighted by atomic mass is 32.3. The first-order valence-corrected chi connectivity index (χ1v) is 2.80. The summed E-state index contributed by atoms with van der Waals surface area (Å²) in [6.07, 6.45) is 0.398. The Morgan fingerprint density at radius 2 is 2.25 bits per heavy atom. The number of hydrogen-bond donors (Lipinski definition) is 2. The molecule has 8 heavy (non-hydrogen) atoms. The predicted octanol–water partition coefficient (Wildman–Crippen LogP) is -1.29. The minimum atomic E-state index is -4.42. The number of hydrazone groups is 1. The van der Waals surface area contributed by atoms with Crippen molar-refractivity contribution in [3.63, 3.8) is 0 Å². The summed E-state index contributed by atoms with van der Waals surface area (Å²) in [4.78, 5) is 0. The maximum Gasteiger partial charge on any atom is 0.447 e. The predicted molar refractivity (Wildman–Crippen MR) is 25.3 cm³/mol. The molecule has 0 amide bonds. The van der Waals surface area contributed by atoms with Crippen LogP contribution in [0.1, 0.15) is 0 Å². The number of nitrogens with zero attached hydrogens (tertiary/aromatic N) is 1. The molecule has 48 valence electrons. The number of hydrogen-bond acceptors (Lipinski definition) is 5. The molecule has 6 nitrogen and oxygen atoms in total. The standard InChI is InChI=1S/CH4N2O4S/c2-3-1-7-8(4,5)6/h1H,2H2,(H,4,5,6). The second kappa shape index (κ2) is 2.48. The first-order chi connectivity index (χ1) is 3.56. The van der Waals surface area contributed by atoms with E-state index in [0.717, 1.165) is 0 Å². The van der Waals surface area contributed by atoms with Gasteiger partial charge in [-0.3, -0.25) is 4.55 Å². The molecule has 0 aromatic rings. The van der Waals surface area contributed by atoms with Crippen molar-refractivity contribution in [1.29, 1.82) is 0 Å². The molecular weight excluding hydrogens is 136 g/mol. The molecule has 0 spiro atoms. The molecule has 0 aromatic heterocycles. The lowest BCUT2D eigenvalue weighted by atomic mass is 11.5. The van der Waals surface area contributed by atoms with E-state index in [4.69, 9.17) is 4.55 Å². The minimum Gasteiger partial charge on any atom is -0.348 e. The highest BCUT2D eigenvalue weighted by Gasteiger charge is 1.98. The Labute approximate surface area is 45.9 Å². The van der Waals surface area contributed by atoms with Crippen LogP contribution in [0.25, 0.3) is 0 Å². The van der Waals surface area contributed by atoms with Gasteiger partial charge in [0.05, 0.1) is 0 Å². The van der Waals surface area contributed by atoms with E-state index in [9.17, 15) is 8.42 Å². The minimum absolute atomic E-state index is 0.398. The third kappa shape index (κ3) is 5.18. The van der Waals surface area contributed by atoms with E-state index in [0.29, 0.717) is 6.40 Å². The third-order valence-electron chi connectivity index (χ3n) is 0.225. The number of rotatable bonds is 2. The Bertz CT molecular complexity index is 168. The molecule has 0 saturated heterocycles. The summed E-state index contributed by atoms with van der Waals surface area (Å²) in [5.74, 6) is 4.40. The van der Waals surface area contributed by atoms with Crippen LogP contribution in [-0.2, 0) is 14.6 Å². The van der Waals surface area contributed by atoms with E-state index in [2.05, 4.69) is 15.1 Å². The van der Waals surface area contributed by atoms with Gasteiger partial charge in [0.1, 0.15) is 0 Å². The fraction of sp³-hybridized carbons (Fsp3) is 0.